The molecule has 0 N–H and O–H groups in total. The average Bonchev–Trinajstić information content (AvgIpc) is 2.41. The summed E-state index contributed by atoms with van der Waals surface area (Å²) in [6.07, 6.45) is 0. The van der Waals surface area contributed by atoms with Crippen LogP contribution in [0.3, 0.4) is 0 Å². The molecule has 3 heteroatoms. The van der Waals surface area contributed by atoms with Crippen LogP contribution in [0.4, 0.5) is 0 Å². The molecule has 0 bridgehead atoms. The lowest BCUT2D eigenvalue weighted by Gasteiger charge is -2.04. The van der Waals surface area contributed by atoms with E-state index in [9.17, 15) is 0 Å². The molecule has 2 aromatic carbocycles. The quantitative estimate of drug-likeness (QED) is 0.431. The molecule has 0 unspecified atom stereocenters. The predicted molar refractivity (Wildman–Crippen MR) is 75.4 cm³/mol. The highest BCUT2D eigenvalue weighted by Crippen LogP contribution is 2.20. The molecule has 0 aliphatic heterocycles. The van der Waals surface area contributed by atoms with Crippen molar-refractivity contribution < 1.29 is 4.74 Å². The molecule has 0 saturated carbocycles. The average molecular weight is 262 g/mol. The molecule has 17 heavy (non-hydrogen) atoms. The second-order valence-corrected chi connectivity index (χ2v) is 5.35. The number of hydrogen-bond donors (Lipinski definition) is 0. The summed E-state index contributed by atoms with van der Waals surface area (Å²) in [4.78, 5) is 2.49. The van der Waals surface area contributed by atoms with Crippen molar-refractivity contribution in [2.45, 2.75) is 9.79 Å². The van der Waals surface area contributed by atoms with Crippen LogP contribution in [-0.4, -0.2) is 11.9 Å². The van der Waals surface area contributed by atoms with E-state index in [1.165, 1.54) is 9.79 Å². The van der Waals surface area contributed by atoms with Gasteiger partial charge in [0.05, 0.1) is 11.9 Å². The number of benzene rings is 2. The van der Waals surface area contributed by atoms with E-state index in [2.05, 4.69) is 24.3 Å². The molecule has 0 radical (unpaired) electrons. The maximum Gasteiger partial charge on any atom is 0.0978 e. The molecule has 0 fully saturated rings. The van der Waals surface area contributed by atoms with Gasteiger partial charge in [-0.05, 0) is 24.3 Å². The molecule has 2 aromatic rings. The summed E-state index contributed by atoms with van der Waals surface area (Å²) in [5.74, 6) is 1.40. The summed E-state index contributed by atoms with van der Waals surface area (Å²) in [7, 11) is 0. The number of hydrogen-bond acceptors (Lipinski definition) is 3. The molecule has 0 aliphatic rings. The third-order valence-corrected chi connectivity index (χ3v) is 3.88. The van der Waals surface area contributed by atoms with Gasteiger partial charge in [-0.3, -0.25) is 0 Å². The summed E-state index contributed by atoms with van der Waals surface area (Å²) in [5.41, 5.74) is 0. The Morgan fingerprint density at radius 1 is 0.647 bits per heavy atom. The van der Waals surface area contributed by atoms with Crippen molar-refractivity contribution in [2.75, 3.05) is 11.9 Å². The SMILES string of the molecule is c1ccc(SCOCSc2ccccc2)cc1. The first-order chi connectivity index (χ1) is 8.45. The van der Waals surface area contributed by atoms with E-state index >= 15 is 0 Å². The van der Waals surface area contributed by atoms with Gasteiger partial charge in [0.1, 0.15) is 0 Å². The third kappa shape index (κ3) is 4.86. The highest BCUT2D eigenvalue weighted by molar-refractivity contribution is 7.99. The third-order valence-electron chi connectivity index (χ3n) is 2.10. The lowest BCUT2D eigenvalue weighted by Crippen LogP contribution is -1.89. The van der Waals surface area contributed by atoms with Gasteiger partial charge in [0.15, 0.2) is 0 Å². The van der Waals surface area contributed by atoms with E-state index in [0.717, 1.165) is 0 Å². The molecule has 1 nitrogen and oxygen atoms in total. The van der Waals surface area contributed by atoms with Crippen molar-refractivity contribution in [1.29, 1.82) is 0 Å². The Morgan fingerprint density at radius 3 is 1.47 bits per heavy atom. The molecule has 88 valence electrons. The van der Waals surface area contributed by atoms with Gasteiger partial charge in [0.25, 0.3) is 0 Å². The van der Waals surface area contributed by atoms with Crippen LogP contribution in [0.15, 0.2) is 70.5 Å². The molecule has 0 spiro atoms. The second kappa shape index (κ2) is 7.43. The summed E-state index contributed by atoms with van der Waals surface area (Å²) in [6, 6.07) is 20.6. The Bertz CT molecular complexity index is 375. The number of ether oxygens (including phenoxy) is 1. The van der Waals surface area contributed by atoms with Crippen LogP contribution in [0.1, 0.15) is 0 Å². The first kappa shape index (κ1) is 12.6. The van der Waals surface area contributed by atoms with Gasteiger partial charge in [0, 0.05) is 9.79 Å². The monoisotopic (exact) mass is 262 g/mol. The molecular formula is C14H14OS2. The van der Waals surface area contributed by atoms with Crippen LogP contribution in [0.5, 0.6) is 0 Å². The Labute approximate surface area is 111 Å². The zero-order valence-electron chi connectivity index (χ0n) is 9.41. The maximum absolute atomic E-state index is 5.57. The largest absolute Gasteiger partial charge is 0.360 e. The summed E-state index contributed by atoms with van der Waals surface area (Å²) >= 11 is 3.44. The van der Waals surface area contributed by atoms with E-state index in [1.807, 2.05) is 36.4 Å². The highest BCUT2D eigenvalue weighted by atomic mass is 32.2. The molecule has 0 amide bonds. The van der Waals surface area contributed by atoms with Crippen molar-refractivity contribution in [3.05, 3.63) is 60.7 Å². The van der Waals surface area contributed by atoms with Crippen molar-refractivity contribution in [1.82, 2.24) is 0 Å². The van der Waals surface area contributed by atoms with Crippen LogP contribution >= 0.6 is 23.5 Å². The Hall–Kier alpha value is -0.900. The van der Waals surface area contributed by atoms with Crippen molar-refractivity contribution in [2.24, 2.45) is 0 Å². The lowest BCUT2D eigenvalue weighted by atomic mass is 10.4. The normalized spacial score (nSPS) is 10.4. The topological polar surface area (TPSA) is 9.23 Å². The van der Waals surface area contributed by atoms with Crippen LogP contribution < -0.4 is 0 Å². The van der Waals surface area contributed by atoms with E-state index < -0.39 is 0 Å². The number of rotatable bonds is 6. The number of thioether (sulfide) groups is 2. The van der Waals surface area contributed by atoms with Crippen LogP contribution in [-0.2, 0) is 4.74 Å². The predicted octanol–water partition coefficient (Wildman–Crippen LogP) is 4.50. The Kier molecular flexibility index (Phi) is 5.49. The highest BCUT2D eigenvalue weighted by Gasteiger charge is 1.94. The van der Waals surface area contributed by atoms with Gasteiger partial charge in [-0.1, -0.05) is 59.9 Å². The van der Waals surface area contributed by atoms with Gasteiger partial charge in [-0.15, -0.1) is 0 Å². The zero-order valence-corrected chi connectivity index (χ0v) is 11.0. The first-order valence-electron chi connectivity index (χ1n) is 5.38. The molecule has 0 saturated heterocycles. The van der Waals surface area contributed by atoms with Crippen LogP contribution in [0.2, 0.25) is 0 Å². The lowest BCUT2D eigenvalue weighted by molar-refractivity contribution is 0.240. The van der Waals surface area contributed by atoms with Gasteiger partial charge >= 0.3 is 0 Å². The Morgan fingerprint density at radius 2 is 1.06 bits per heavy atom. The second-order valence-electron chi connectivity index (χ2n) is 3.35. The molecule has 0 aliphatic carbocycles. The summed E-state index contributed by atoms with van der Waals surface area (Å²) in [6.45, 7) is 0. The summed E-state index contributed by atoms with van der Waals surface area (Å²) < 4.78 is 5.57. The zero-order chi connectivity index (χ0) is 11.8. The smallest absolute Gasteiger partial charge is 0.0978 e. The standard InChI is InChI=1S/C14H14OS2/c1-3-7-13(8-4-1)16-11-15-12-17-14-9-5-2-6-10-14/h1-10H,11-12H2. The van der Waals surface area contributed by atoms with Gasteiger partial charge < -0.3 is 4.74 Å². The van der Waals surface area contributed by atoms with Crippen molar-refractivity contribution >= 4 is 23.5 Å². The maximum atomic E-state index is 5.57. The summed E-state index contributed by atoms with van der Waals surface area (Å²) in [5, 5.41) is 0. The minimum Gasteiger partial charge on any atom is -0.360 e. The molecule has 2 rings (SSSR count). The van der Waals surface area contributed by atoms with E-state index in [-0.39, 0.29) is 0 Å². The van der Waals surface area contributed by atoms with E-state index in [1.54, 1.807) is 23.5 Å². The van der Waals surface area contributed by atoms with Crippen LogP contribution in [0.25, 0.3) is 0 Å². The fourth-order valence-corrected chi connectivity index (χ4v) is 2.70. The molecular weight excluding hydrogens is 248 g/mol. The first-order valence-corrected chi connectivity index (χ1v) is 7.36. The fraction of sp³-hybridized carbons (Fsp3) is 0.143. The van der Waals surface area contributed by atoms with E-state index in [0.29, 0.717) is 11.9 Å². The minimum absolute atomic E-state index is 0.698. The molecule has 0 heterocycles. The molecule has 0 atom stereocenters. The van der Waals surface area contributed by atoms with E-state index in [4.69, 9.17) is 4.74 Å². The van der Waals surface area contributed by atoms with Crippen LogP contribution in [0, 0.1) is 0 Å². The van der Waals surface area contributed by atoms with Gasteiger partial charge in [-0.25, -0.2) is 0 Å². The van der Waals surface area contributed by atoms with Gasteiger partial charge in [-0.2, -0.15) is 0 Å². The van der Waals surface area contributed by atoms with Crippen molar-refractivity contribution in [3.8, 4) is 0 Å². The van der Waals surface area contributed by atoms with Gasteiger partial charge in [0.2, 0.25) is 0 Å². The Balaban J connectivity index is 1.61. The fourth-order valence-electron chi connectivity index (χ4n) is 1.29. The minimum atomic E-state index is 0.698. The molecule has 0 aromatic heterocycles. The van der Waals surface area contributed by atoms with Crippen molar-refractivity contribution in [3.63, 3.8) is 0 Å².